The van der Waals surface area contributed by atoms with Crippen LogP contribution < -0.4 is 15.0 Å². The Balaban J connectivity index is 1.21. The number of likely N-dealkylation sites (tertiary alicyclic amines) is 1. The van der Waals surface area contributed by atoms with Crippen molar-refractivity contribution >= 4 is 17.5 Å². The van der Waals surface area contributed by atoms with E-state index in [0.717, 1.165) is 41.0 Å². The molecule has 2 aromatic heterocycles. The van der Waals surface area contributed by atoms with Gasteiger partial charge in [-0.3, -0.25) is 0 Å². The molecule has 2 saturated carbocycles. The summed E-state index contributed by atoms with van der Waals surface area (Å²) in [6.07, 6.45) is 8.55. The molecule has 2 unspecified atom stereocenters. The molecule has 2 aromatic rings. The molecule has 31 heavy (non-hydrogen) atoms. The summed E-state index contributed by atoms with van der Waals surface area (Å²) >= 11 is 0. The highest BCUT2D eigenvalue weighted by atomic mass is 16.5. The van der Waals surface area contributed by atoms with E-state index in [2.05, 4.69) is 32.2 Å². The molecule has 4 heterocycles. The van der Waals surface area contributed by atoms with Crippen molar-refractivity contribution in [3.63, 3.8) is 0 Å². The summed E-state index contributed by atoms with van der Waals surface area (Å²) in [6, 6.07) is 8.52. The standard InChI is InChI=1S/C25H33N5O/c1-31-22-4-5-23(26-13-22)27-24-11-19(12-25(28-24)30-15-20-10-21(20)16-30)18-6-8-29(9-7-18)14-17-2-3-17/h4-5,11-13,17-18,20-21H,2-3,6-10,14-16H2,1H3,(H,26,27,28). The summed E-state index contributed by atoms with van der Waals surface area (Å²) in [7, 11) is 1.66. The molecule has 0 radical (unpaired) electrons. The average molecular weight is 420 g/mol. The first kappa shape index (κ1) is 19.4. The lowest BCUT2D eigenvalue weighted by atomic mass is 9.89. The van der Waals surface area contributed by atoms with Gasteiger partial charge < -0.3 is 19.9 Å². The zero-order chi connectivity index (χ0) is 20.8. The summed E-state index contributed by atoms with van der Waals surface area (Å²) in [5.74, 6) is 7.03. The second-order valence-corrected chi connectivity index (χ2v) is 10.0. The molecule has 4 aliphatic rings. The van der Waals surface area contributed by atoms with Crippen LogP contribution >= 0.6 is 0 Å². The lowest BCUT2D eigenvalue weighted by Crippen LogP contribution is -2.34. The fraction of sp³-hybridized carbons (Fsp3) is 0.600. The molecule has 2 atom stereocenters. The van der Waals surface area contributed by atoms with Gasteiger partial charge >= 0.3 is 0 Å². The first-order valence-electron chi connectivity index (χ1n) is 12.0. The number of nitrogens with one attached hydrogen (secondary N) is 1. The van der Waals surface area contributed by atoms with Gasteiger partial charge in [-0.05, 0) is 98.7 Å². The number of anilines is 3. The Morgan fingerprint density at radius 2 is 1.84 bits per heavy atom. The monoisotopic (exact) mass is 419 g/mol. The second kappa shape index (κ2) is 7.97. The van der Waals surface area contributed by atoms with Gasteiger partial charge in [0.25, 0.3) is 0 Å². The molecule has 6 heteroatoms. The molecule has 6 nitrogen and oxygen atoms in total. The highest BCUT2D eigenvalue weighted by Gasteiger charge is 2.45. The van der Waals surface area contributed by atoms with Crippen LogP contribution in [0.25, 0.3) is 0 Å². The number of piperidine rings is 2. The normalized spacial score (nSPS) is 26.0. The number of methoxy groups -OCH3 is 1. The van der Waals surface area contributed by atoms with Crippen molar-refractivity contribution in [3.05, 3.63) is 36.0 Å². The Kier molecular flexibility index (Phi) is 4.98. The topological polar surface area (TPSA) is 53.5 Å². The Morgan fingerprint density at radius 1 is 1.03 bits per heavy atom. The third kappa shape index (κ3) is 4.36. The van der Waals surface area contributed by atoms with E-state index in [1.54, 1.807) is 13.3 Å². The van der Waals surface area contributed by atoms with Crippen molar-refractivity contribution in [2.45, 2.75) is 38.0 Å². The average Bonchev–Trinajstić information content (AvgIpc) is 3.73. The number of rotatable bonds is 7. The summed E-state index contributed by atoms with van der Waals surface area (Å²) in [5, 5.41) is 3.45. The number of hydrogen-bond donors (Lipinski definition) is 1. The highest BCUT2D eigenvalue weighted by Crippen LogP contribution is 2.46. The number of pyridine rings is 2. The fourth-order valence-corrected chi connectivity index (χ4v) is 5.40. The van der Waals surface area contributed by atoms with E-state index < -0.39 is 0 Å². The van der Waals surface area contributed by atoms with Gasteiger partial charge in [0.05, 0.1) is 13.3 Å². The van der Waals surface area contributed by atoms with E-state index in [4.69, 9.17) is 9.72 Å². The molecule has 2 aliphatic carbocycles. The van der Waals surface area contributed by atoms with E-state index >= 15 is 0 Å². The summed E-state index contributed by atoms with van der Waals surface area (Å²) in [6.45, 7) is 6.12. The molecular formula is C25H33N5O. The molecule has 1 N–H and O–H groups in total. The minimum atomic E-state index is 0.624. The quantitative estimate of drug-likeness (QED) is 0.723. The molecule has 0 aromatic carbocycles. The minimum absolute atomic E-state index is 0.624. The Morgan fingerprint density at radius 3 is 2.52 bits per heavy atom. The molecule has 0 spiro atoms. The lowest BCUT2D eigenvalue weighted by Gasteiger charge is -2.33. The Labute approximate surface area is 185 Å². The maximum absolute atomic E-state index is 5.24. The van der Waals surface area contributed by atoms with Gasteiger partial charge in [-0.1, -0.05) is 0 Å². The van der Waals surface area contributed by atoms with Gasteiger partial charge in [0.15, 0.2) is 0 Å². The number of ether oxygens (including phenoxy) is 1. The highest BCUT2D eigenvalue weighted by molar-refractivity contribution is 5.58. The maximum atomic E-state index is 5.24. The van der Waals surface area contributed by atoms with Crippen molar-refractivity contribution < 1.29 is 4.74 Å². The van der Waals surface area contributed by atoms with Crippen molar-refractivity contribution in [2.24, 2.45) is 17.8 Å². The van der Waals surface area contributed by atoms with Crippen LogP contribution in [0.3, 0.4) is 0 Å². The van der Waals surface area contributed by atoms with Crippen LogP contribution in [0.4, 0.5) is 17.5 Å². The number of aromatic nitrogens is 2. The summed E-state index contributed by atoms with van der Waals surface area (Å²) in [5.41, 5.74) is 1.44. The smallest absolute Gasteiger partial charge is 0.137 e. The van der Waals surface area contributed by atoms with Crippen LogP contribution in [0.1, 0.15) is 43.6 Å². The first-order chi connectivity index (χ1) is 15.2. The second-order valence-electron chi connectivity index (χ2n) is 10.0. The van der Waals surface area contributed by atoms with Gasteiger partial charge in [0.1, 0.15) is 23.2 Å². The van der Waals surface area contributed by atoms with E-state index in [9.17, 15) is 0 Å². The van der Waals surface area contributed by atoms with Gasteiger partial charge in [0, 0.05) is 19.6 Å². The van der Waals surface area contributed by atoms with Gasteiger partial charge in [0.2, 0.25) is 0 Å². The third-order valence-electron chi connectivity index (χ3n) is 7.64. The molecule has 0 amide bonds. The molecule has 2 saturated heterocycles. The van der Waals surface area contributed by atoms with Crippen LogP contribution in [0.2, 0.25) is 0 Å². The zero-order valence-corrected chi connectivity index (χ0v) is 18.5. The predicted octanol–water partition coefficient (Wildman–Crippen LogP) is 4.27. The van der Waals surface area contributed by atoms with Crippen molar-refractivity contribution in [2.75, 3.05) is 50.1 Å². The summed E-state index contributed by atoms with van der Waals surface area (Å²) in [4.78, 5) is 14.7. The van der Waals surface area contributed by atoms with E-state index in [1.807, 2.05) is 12.1 Å². The predicted molar refractivity (Wildman–Crippen MR) is 123 cm³/mol. The lowest BCUT2D eigenvalue weighted by molar-refractivity contribution is 0.204. The first-order valence-corrected chi connectivity index (χ1v) is 12.0. The zero-order valence-electron chi connectivity index (χ0n) is 18.5. The molecule has 6 rings (SSSR count). The van der Waals surface area contributed by atoms with E-state index in [0.29, 0.717) is 5.92 Å². The van der Waals surface area contributed by atoms with Crippen LogP contribution in [-0.4, -0.2) is 54.7 Å². The van der Waals surface area contributed by atoms with Crippen LogP contribution in [-0.2, 0) is 0 Å². The molecule has 4 fully saturated rings. The Hall–Kier alpha value is -2.34. The number of hydrogen-bond acceptors (Lipinski definition) is 6. The van der Waals surface area contributed by atoms with Gasteiger partial charge in [-0.25, -0.2) is 9.97 Å². The largest absolute Gasteiger partial charge is 0.495 e. The van der Waals surface area contributed by atoms with E-state index in [-0.39, 0.29) is 0 Å². The van der Waals surface area contributed by atoms with Gasteiger partial charge in [-0.2, -0.15) is 0 Å². The fourth-order valence-electron chi connectivity index (χ4n) is 5.40. The number of nitrogens with zero attached hydrogens (tertiary/aromatic N) is 4. The maximum Gasteiger partial charge on any atom is 0.137 e. The van der Waals surface area contributed by atoms with Crippen LogP contribution in [0, 0.1) is 17.8 Å². The third-order valence-corrected chi connectivity index (χ3v) is 7.64. The molecular weight excluding hydrogens is 386 g/mol. The van der Waals surface area contributed by atoms with Crippen molar-refractivity contribution in [1.82, 2.24) is 14.9 Å². The van der Waals surface area contributed by atoms with Crippen molar-refractivity contribution in [1.29, 1.82) is 0 Å². The molecule has 164 valence electrons. The SMILES string of the molecule is COc1ccc(Nc2cc(C3CCN(CC4CC4)CC3)cc(N3CC4CC4C3)n2)nc1. The molecule has 2 aliphatic heterocycles. The van der Waals surface area contributed by atoms with Gasteiger partial charge in [-0.15, -0.1) is 0 Å². The van der Waals surface area contributed by atoms with Crippen molar-refractivity contribution in [3.8, 4) is 5.75 Å². The van der Waals surface area contributed by atoms with E-state index in [1.165, 1.54) is 70.4 Å². The minimum Gasteiger partial charge on any atom is -0.495 e. The summed E-state index contributed by atoms with van der Waals surface area (Å²) < 4.78 is 5.24. The van der Waals surface area contributed by atoms with Crippen LogP contribution in [0.15, 0.2) is 30.5 Å². The number of fused-ring (bicyclic) bond motifs is 1. The Bertz CT molecular complexity index is 910. The van der Waals surface area contributed by atoms with Crippen LogP contribution in [0.5, 0.6) is 5.75 Å². The molecule has 0 bridgehead atoms.